The summed E-state index contributed by atoms with van der Waals surface area (Å²) in [6.45, 7) is 0.380. The molecule has 1 aliphatic heterocycles. The van der Waals surface area contributed by atoms with Crippen molar-refractivity contribution in [2.75, 3.05) is 19.5 Å². The molecule has 0 spiro atoms. The van der Waals surface area contributed by atoms with Crippen LogP contribution in [0, 0.1) is 0 Å². The van der Waals surface area contributed by atoms with Crippen LogP contribution in [-0.2, 0) is 20.9 Å². The standard InChI is InChI=1S/C15H21NO8/c1-16-9-5-8(4-3-7(9)6-22-2)23-15-12(19)10(17)11(18)13(24-15)14(20)21/h3-5,10-13,15-19H,6H2,1-2H3,(H,20,21)/t10-,11-,12+,13-,15+/m0/s1. The van der Waals surface area contributed by atoms with Crippen molar-refractivity contribution in [1.82, 2.24) is 0 Å². The van der Waals surface area contributed by atoms with Crippen LogP contribution in [0.4, 0.5) is 5.69 Å². The van der Waals surface area contributed by atoms with Crippen molar-refractivity contribution >= 4 is 11.7 Å². The summed E-state index contributed by atoms with van der Waals surface area (Å²) in [6, 6.07) is 4.95. The first kappa shape index (κ1) is 18.4. The molecule has 134 valence electrons. The summed E-state index contributed by atoms with van der Waals surface area (Å²) >= 11 is 0. The molecule has 0 aliphatic carbocycles. The number of aliphatic carboxylic acids is 1. The van der Waals surface area contributed by atoms with Gasteiger partial charge in [0.15, 0.2) is 6.10 Å². The fraction of sp³-hybridized carbons (Fsp3) is 0.533. The van der Waals surface area contributed by atoms with Crippen LogP contribution in [0.1, 0.15) is 5.56 Å². The van der Waals surface area contributed by atoms with Crippen molar-refractivity contribution in [3.05, 3.63) is 23.8 Å². The zero-order valence-electron chi connectivity index (χ0n) is 13.2. The normalized spacial score (nSPS) is 30.0. The number of aliphatic hydroxyl groups is 3. The van der Waals surface area contributed by atoms with Crippen molar-refractivity contribution < 1.29 is 39.4 Å². The van der Waals surface area contributed by atoms with Gasteiger partial charge in [-0.3, -0.25) is 0 Å². The SMILES string of the molecule is CNc1cc(O[C@@H]2O[C@H](C(=O)O)[C@@H](O)[C@H](O)[C@H]2O)ccc1COC. The van der Waals surface area contributed by atoms with E-state index in [1.54, 1.807) is 32.4 Å². The van der Waals surface area contributed by atoms with Gasteiger partial charge in [0, 0.05) is 31.5 Å². The van der Waals surface area contributed by atoms with E-state index in [4.69, 9.17) is 19.3 Å². The van der Waals surface area contributed by atoms with E-state index in [1.807, 2.05) is 0 Å². The zero-order chi connectivity index (χ0) is 17.9. The molecule has 9 heteroatoms. The van der Waals surface area contributed by atoms with Crippen LogP contribution < -0.4 is 10.1 Å². The first-order valence-electron chi connectivity index (χ1n) is 7.27. The van der Waals surface area contributed by atoms with Crippen molar-refractivity contribution in [1.29, 1.82) is 0 Å². The third-order valence-corrected chi connectivity index (χ3v) is 3.72. The molecule has 1 heterocycles. The lowest BCUT2D eigenvalue weighted by Crippen LogP contribution is -2.61. The third kappa shape index (κ3) is 3.77. The molecule has 0 aromatic heterocycles. The highest BCUT2D eigenvalue weighted by molar-refractivity contribution is 5.73. The van der Waals surface area contributed by atoms with Gasteiger partial charge >= 0.3 is 5.97 Å². The number of ether oxygens (including phenoxy) is 3. The Morgan fingerprint density at radius 2 is 1.96 bits per heavy atom. The number of aliphatic hydroxyl groups excluding tert-OH is 3. The Bertz CT molecular complexity index is 581. The minimum absolute atomic E-state index is 0.288. The molecule has 9 nitrogen and oxygen atoms in total. The lowest BCUT2D eigenvalue weighted by molar-refractivity contribution is -0.271. The molecule has 0 radical (unpaired) electrons. The van der Waals surface area contributed by atoms with Crippen LogP contribution in [0.3, 0.4) is 0 Å². The molecule has 1 aromatic carbocycles. The van der Waals surface area contributed by atoms with E-state index in [2.05, 4.69) is 5.32 Å². The van der Waals surface area contributed by atoms with Gasteiger partial charge in [-0.15, -0.1) is 0 Å². The molecule has 0 saturated carbocycles. The first-order chi connectivity index (χ1) is 11.4. The molecule has 24 heavy (non-hydrogen) atoms. The van der Waals surface area contributed by atoms with Gasteiger partial charge in [0.25, 0.3) is 0 Å². The Balaban J connectivity index is 2.18. The Morgan fingerprint density at radius 3 is 2.54 bits per heavy atom. The molecule has 1 saturated heterocycles. The Kier molecular flexibility index (Phi) is 5.97. The molecule has 0 amide bonds. The largest absolute Gasteiger partial charge is 0.479 e. The minimum atomic E-state index is -1.76. The fourth-order valence-corrected chi connectivity index (χ4v) is 2.43. The Morgan fingerprint density at radius 1 is 1.25 bits per heavy atom. The van der Waals surface area contributed by atoms with E-state index < -0.39 is 36.7 Å². The molecule has 1 fully saturated rings. The number of carboxylic acids is 1. The van der Waals surface area contributed by atoms with Gasteiger partial charge in [-0.1, -0.05) is 6.07 Å². The van der Waals surface area contributed by atoms with E-state index in [1.165, 1.54) is 0 Å². The smallest absolute Gasteiger partial charge is 0.335 e. The van der Waals surface area contributed by atoms with Crippen LogP contribution in [-0.4, -0.2) is 71.3 Å². The van der Waals surface area contributed by atoms with Crippen LogP contribution in [0.15, 0.2) is 18.2 Å². The third-order valence-electron chi connectivity index (χ3n) is 3.72. The molecule has 0 unspecified atom stereocenters. The number of hydrogen-bond acceptors (Lipinski definition) is 8. The van der Waals surface area contributed by atoms with Gasteiger partial charge in [0.2, 0.25) is 6.29 Å². The lowest BCUT2D eigenvalue weighted by Gasteiger charge is -2.38. The molecule has 2 rings (SSSR count). The van der Waals surface area contributed by atoms with Gasteiger partial charge in [-0.25, -0.2) is 4.79 Å². The summed E-state index contributed by atoms with van der Waals surface area (Å²) in [5.74, 6) is -1.18. The predicted octanol–water partition coefficient (Wildman–Crippen LogP) is -0.854. The summed E-state index contributed by atoms with van der Waals surface area (Å²) in [4.78, 5) is 11.1. The average Bonchev–Trinajstić information content (AvgIpc) is 2.56. The molecule has 1 aromatic rings. The number of hydrogen-bond donors (Lipinski definition) is 5. The second-order valence-electron chi connectivity index (χ2n) is 5.35. The number of benzene rings is 1. The lowest BCUT2D eigenvalue weighted by atomic mass is 9.99. The van der Waals surface area contributed by atoms with Crippen LogP contribution in [0.5, 0.6) is 5.75 Å². The monoisotopic (exact) mass is 343 g/mol. The summed E-state index contributed by atoms with van der Waals surface area (Å²) in [7, 11) is 3.28. The zero-order valence-corrected chi connectivity index (χ0v) is 13.2. The van der Waals surface area contributed by atoms with Crippen molar-refractivity contribution in [2.24, 2.45) is 0 Å². The van der Waals surface area contributed by atoms with Gasteiger partial charge in [0.05, 0.1) is 6.61 Å². The van der Waals surface area contributed by atoms with Gasteiger partial charge < -0.3 is 40.0 Å². The van der Waals surface area contributed by atoms with E-state index in [9.17, 15) is 20.1 Å². The molecular formula is C15H21NO8. The molecular weight excluding hydrogens is 322 g/mol. The second-order valence-corrected chi connectivity index (χ2v) is 5.35. The van der Waals surface area contributed by atoms with E-state index in [0.29, 0.717) is 6.61 Å². The highest BCUT2D eigenvalue weighted by Crippen LogP contribution is 2.28. The molecule has 0 bridgehead atoms. The number of carboxylic acid groups (broad SMARTS) is 1. The Labute approximate surface area is 138 Å². The summed E-state index contributed by atoms with van der Waals surface area (Å²) in [5, 5.41) is 41.3. The van der Waals surface area contributed by atoms with Crippen molar-refractivity contribution in [3.63, 3.8) is 0 Å². The highest BCUT2D eigenvalue weighted by atomic mass is 16.7. The number of carbonyl (C=O) groups is 1. The number of methoxy groups -OCH3 is 1. The predicted molar refractivity (Wildman–Crippen MR) is 81.6 cm³/mol. The van der Waals surface area contributed by atoms with Gasteiger partial charge in [0.1, 0.15) is 24.1 Å². The van der Waals surface area contributed by atoms with Crippen LogP contribution >= 0.6 is 0 Å². The van der Waals surface area contributed by atoms with Crippen molar-refractivity contribution in [2.45, 2.75) is 37.3 Å². The quantitative estimate of drug-likeness (QED) is 0.447. The van der Waals surface area contributed by atoms with E-state index in [0.717, 1.165) is 11.3 Å². The summed E-state index contributed by atoms with van der Waals surface area (Å²) in [5.41, 5.74) is 1.59. The maximum absolute atomic E-state index is 11.1. The van der Waals surface area contributed by atoms with Crippen LogP contribution in [0.25, 0.3) is 0 Å². The fourth-order valence-electron chi connectivity index (χ4n) is 2.43. The van der Waals surface area contributed by atoms with Gasteiger partial charge in [-0.05, 0) is 6.07 Å². The maximum Gasteiger partial charge on any atom is 0.335 e. The van der Waals surface area contributed by atoms with E-state index in [-0.39, 0.29) is 5.75 Å². The molecule has 5 N–H and O–H groups in total. The minimum Gasteiger partial charge on any atom is -0.479 e. The summed E-state index contributed by atoms with van der Waals surface area (Å²) in [6.07, 6.45) is -8.21. The molecule has 1 aliphatic rings. The molecule has 5 atom stereocenters. The Hall–Kier alpha value is -1.91. The highest BCUT2D eigenvalue weighted by Gasteiger charge is 2.48. The van der Waals surface area contributed by atoms with Crippen molar-refractivity contribution in [3.8, 4) is 5.75 Å². The number of anilines is 1. The topological polar surface area (TPSA) is 138 Å². The summed E-state index contributed by atoms with van der Waals surface area (Å²) < 4.78 is 15.6. The number of nitrogens with one attached hydrogen (secondary N) is 1. The van der Waals surface area contributed by atoms with Gasteiger partial charge in [-0.2, -0.15) is 0 Å². The number of rotatable bonds is 6. The maximum atomic E-state index is 11.1. The van der Waals surface area contributed by atoms with Crippen LogP contribution in [0.2, 0.25) is 0 Å². The average molecular weight is 343 g/mol. The first-order valence-corrected chi connectivity index (χ1v) is 7.27. The van der Waals surface area contributed by atoms with E-state index >= 15 is 0 Å². The second kappa shape index (κ2) is 7.77.